The van der Waals surface area contributed by atoms with Gasteiger partial charge in [-0.15, -0.1) is 0 Å². The second-order valence-electron chi connectivity index (χ2n) is 3.86. The highest BCUT2D eigenvalue weighted by Crippen LogP contribution is 2.29. The van der Waals surface area contributed by atoms with Crippen molar-refractivity contribution in [2.24, 2.45) is 0 Å². The summed E-state index contributed by atoms with van der Waals surface area (Å²) in [6.07, 6.45) is 0. The van der Waals surface area contributed by atoms with Crippen molar-refractivity contribution in [3.8, 4) is 11.3 Å². The molecule has 0 aliphatic rings. The number of rotatable bonds is 2. The second-order valence-corrected chi connectivity index (χ2v) is 5.00. The van der Waals surface area contributed by atoms with E-state index < -0.39 is 5.24 Å². The topological polar surface area (TPSA) is 30.2 Å². The molecule has 1 heterocycles. The minimum atomic E-state index is -0.582. The summed E-state index contributed by atoms with van der Waals surface area (Å²) in [5.74, 6) is 0.813. The first-order valence-corrected chi connectivity index (χ1v) is 6.23. The van der Waals surface area contributed by atoms with Crippen LogP contribution in [0.15, 0.2) is 33.2 Å². The second kappa shape index (κ2) is 4.67. The van der Waals surface area contributed by atoms with Crippen molar-refractivity contribution >= 4 is 32.8 Å². The highest BCUT2D eigenvalue weighted by Gasteiger charge is 2.11. The third-order valence-corrected chi connectivity index (χ3v) is 3.96. The fourth-order valence-electron chi connectivity index (χ4n) is 1.69. The lowest BCUT2D eigenvalue weighted by atomic mass is 10.1. The zero-order valence-corrected chi connectivity index (χ0v) is 11.7. The van der Waals surface area contributed by atoms with Gasteiger partial charge in [-0.2, -0.15) is 0 Å². The molecule has 2 nitrogen and oxygen atoms in total. The third-order valence-electron chi connectivity index (χ3n) is 2.52. The number of hydrogen-bond acceptors (Lipinski definition) is 2. The number of halogens is 2. The minimum Gasteiger partial charge on any atom is -0.452 e. The van der Waals surface area contributed by atoms with Gasteiger partial charge in [-0.1, -0.05) is 15.9 Å². The summed E-state index contributed by atoms with van der Waals surface area (Å²) in [6.45, 7) is 4.02. The molecule has 0 unspecified atom stereocenters. The molecule has 0 bridgehead atoms. The van der Waals surface area contributed by atoms with Crippen molar-refractivity contribution in [1.29, 1.82) is 0 Å². The van der Waals surface area contributed by atoms with Gasteiger partial charge in [0.2, 0.25) is 0 Å². The first-order chi connectivity index (χ1) is 7.99. The maximum atomic E-state index is 10.9. The van der Waals surface area contributed by atoms with Crippen LogP contribution in [0, 0.1) is 13.8 Å². The summed E-state index contributed by atoms with van der Waals surface area (Å²) >= 11 is 8.86. The van der Waals surface area contributed by atoms with Crippen molar-refractivity contribution in [2.75, 3.05) is 0 Å². The Morgan fingerprint density at radius 3 is 2.29 bits per heavy atom. The van der Waals surface area contributed by atoms with Crippen LogP contribution in [0.2, 0.25) is 0 Å². The van der Waals surface area contributed by atoms with Gasteiger partial charge < -0.3 is 4.42 Å². The lowest BCUT2D eigenvalue weighted by Gasteiger charge is -2.05. The number of furan rings is 1. The van der Waals surface area contributed by atoms with Crippen molar-refractivity contribution in [3.63, 3.8) is 0 Å². The van der Waals surface area contributed by atoms with Gasteiger partial charge in [-0.25, -0.2) is 0 Å². The molecule has 88 valence electrons. The van der Waals surface area contributed by atoms with Crippen molar-refractivity contribution in [1.82, 2.24) is 0 Å². The summed E-state index contributed by atoms with van der Waals surface area (Å²) < 4.78 is 6.47. The molecule has 2 aromatic rings. The molecule has 1 aromatic carbocycles. The number of carbonyl (C=O) groups is 1. The molecule has 0 spiro atoms. The van der Waals surface area contributed by atoms with Crippen LogP contribution in [0.1, 0.15) is 21.7 Å². The van der Waals surface area contributed by atoms with E-state index in [1.54, 1.807) is 12.1 Å². The number of aryl methyl sites for hydroxylation is 2. The van der Waals surface area contributed by atoms with Crippen molar-refractivity contribution in [3.05, 3.63) is 45.6 Å². The highest BCUT2D eigenvalue weighted by molar-refractivity contribution is 9.10. The van der Waals surface area contributed by atoms with E-state index in [-0.39, 0.29) is 5.76 Å². The quantitative estimate of drug-likeness (QED) is 0.752. The van der Waals surface area contributed by atoms with Crippen LogP contribution >= 0.6 is 27.5 Å². The van der Waals surface area contributed by atoms with E-state index in [4.69, 9.17) is 16.0 Å². The SMILES string of the molecule is Cc1cc(-c2ccc(C(=O)Cl)o2)cc(C)c1Br. The summed E-state index contributed by atoms with van der Waals surface area (Å²) in [7, 11) is 0. The maximum Gasteiger partial charge on any atom is 0.287 e. The van der Waals surface area contributed by atoms with E-state index in [2.05, 4.69) is 15.9 Å². The number of benzene rings is 1. The van der Waals surface area contributed by atoms with Crippen LogP contribution in [0.25, 0.3) is 11.3 Å². The molecule has 0 saturated carbocycles. The number of hydrogen-bond donors (Lipinski definition) is 0. The van der Waals surface area contributed by atoms with E-state index in [1.807, 2.05) is 26.0 Å². The van der Waals surface area contributed by atoms with Gasteiger partial charge in [0.05, 0.1) is 0 Å². The molecule has 0 amide bonds. The first-order valence-electron chi connectivity index (χ1n) is 5.06. The molecule has 0 atom stereocenters. The summed E-state index contributed by atoms with van der Waals surface area (Å²) in [5, 5.41) is -0.582. The molecule has 0 fully saturated rings. The molecule has 17 heavy (non-hydrogen) atoms. The van der Waals surface area contributed by atoms with Crippen LogP contribution in [0.3, 0.4) is 0 Å². The Bertz CT molecular complexity index is 564. The number of carbonyl (C=O) groups excluding carboxylic acids is 1. The lowest BCUT2D eigenvalue weighted by Crippen LogP contribution is -1.85. The van der Waals surface area contributed by atoms with E-state index in [1.165, 1.54) is 0 Å². The molecular weight excluding hydrogens is 303 g/mol. The predicted molar refractivity (Wildman–Crippen MR) is 71.5 cm³/mol. The van der Waals surface area contributed by atoms with Gasteiger partial charge in [0, 0.05) is 10.0 Å². The zero-order chi connectivity index (χ0) is 12.6. The van der Waals surface area contributed by atoms with Crippen LogP contribution in [0.5, 0.6) is 0 Å². The van der Waals surface area contributed by atoms with Crippen LogP contribution in [0.4, 0.5) is 0 Å². The van der Waals surface area contributed by atoms with Crippen molar-refractivity contribution < 1.29 is 9.21 Å². The Morgan fingerprint density at radius 2 is 1.82 bits per heavy atom. The smallest absolute Gasteiger partial charge is 0.287 e. The van der Waals surface area contributed by atoms with E-state index in [0.29, 0.717) is 5.76 Å². The zero-order valence-electron chi connectivity index (χ0n) is 9.38. The summed E-state index contributed by atoms with van der Waals surface area (Å²) in [6, 6.07) is 7.33. The predicted octanol–water partition coefficient (Wildman–Crippen LogP) is 4.70. The summed E-state index contributed by atoms with van der Waals surface area (Å²) in [4.78, 5) is 10.9. The van der Waals surface area contributed by atoms with Crippen LogP contribution in [-0.4, -0.2) is 5.24 Å². The van der Waals surface area contributed by atoms with Crippen LogP contribution < -0.4 is 0 Å². The largest absolute Gasteiger partial charge is 0.452 e. The van der Waals surface area contributed by atoms with Crippen LogP contribution in [-0.2, 0) is 0 Å². The minimum absolute atomic E-state index is 0.167. The Hall–Kier alpha value is -1.06. The first kappa shape index (κ1) is 12.4. The fraction of sp³-hybridized carbons (Fsp3) is 0.154. The van der Waals surface area contributed by atoms with Gasteiger partial charge in [-0.3, -0.25) is 4.79 Å². The normalized spacial score (nSPS) is 10.6. The molecule has 0 aliphatic carbocycles. The molecule has 4 heteroatoms. The van der Waals surface area contributed by atoms with Crippen molar-refractivity contribution in [2.45, 2.75) is 13.8 Å². The van der Waals surface area contributed by atoms with E-state index in [0.717, 1.165) is 21.2 Å². The highest BCUT2D eigenvalue weighted by atomic mass is 79.9. The molecule has 1 aromatic heterocycles. The summed E-state index contributed by atoms with van der Waals surface area (Å²) in [5.41, 5.74) is 3.18. The molecule has 2 rings (SSSR count). The third kappa shape index (κ3) is 2.45. The Kier molecular flexibility index (Phi) is 3.40. The van der Waals surface area contributed by atoms with Gasteiger partial charge >= 0.3 is 0 Å². The Balaban J connectivity index is 2.49. The van der Waals surface area contributed by atoms with E-state index >= 15 is 0 Å². The average Bonchev–Trinajstić information content (AvgIpc) is 2.74. The van der Waals surface area contributed by atoms with Gasteiger partial charge in [0.15, 0.2) is 5.76 Å². The fourth-order valence-corrected chi connectivity index (χ4v) is 2.02. The molecule has 0 N–H and O–H groups in total. The maximum absolute atomic E-state index is 10.9. The monoisotopic (exact) mass is 312 g/mol. The Labute approximate surface area is 113 Å². The lowest BCUT2D eigenvalue weighted by molar-refractivity contribution is 0.105. The Morgan fingerprint density at radius 1 is 1.24 bits per heavy atom. The molecule has 0 saturated heterocycles. The van der Waals surface area contributed by atoms with Gasteiger partial charge in [-0.05, 0) is 60.8 Å². The molecule has 0 radical (unpaired) electrons. The standard InChI is InChI=1S/C13H10BrClO2/c1-7-5-9(6-8(2)12(7)14)10-3-4-11(17-10)13(15)16/h3-6H,1-2H3. The van der Waals surface area contributed by atoms with Gasteiger partial charge in [0.25, 0.3) is 5.24 Å². The molecular formula is C13H10BrClO2. The molecule has 0 aliphatic heterocycles. The average molecular weight is 314 g/mol. The van der Waals surface area contributed by atoms with E-state index in [9.17, 15) is 4.79 Å². The van der Waals surface area contributed by atoms with Gasteiger partial charge in [0.1, 0.15) is 5.76 Å².